The van der Waals surface area contributed by atoms with Crippen LogP contribution in [0.1, 0.15) is 42.3 Å². The zero-order valence-electron chi connectivity index (χ0n) is 11.5. The molecule has 0 spiro atoms. The normalized spacial score (nSPS) is 10.9. The van der Waals surface area contributed by atoms with Crippen molar-refractivity contribution in [2.75, 3.05) is 5.32 Å². The molecule has 0 aliphatic carbocycles. The van der Waals surface area contributed by atoms with Gasteiger partial charge < -0.3 is 10.3 Å². The maximum atomic E-state index is 11.5. The minimum Gasteiger partial charge on any atom is -0.365 e. The van der Waals surface area contributed by atoms with Crippen LogP contribution in [-0.2, 0) is 13.0 Å². The van der Waals surface area contributed by atoms with Crippen molar-refractivity contribution >= 4 is 17.2 Å². The Morgan fingerprint density at radius 1 is 1.37 bits per heavy atom. The zero-order chi connectivity index (χ0) is 13.8. The molecule has 0 saturated carbocycles. The van der Waals surface area contributed by atoms with Crippen LogP contribution in [0.2, 0.25) is 0 Å². The smallest absolute Gasteiger partial charge is 0.252 e. The molecule has 0 unspecified atom stereocenters. The van der Waals surface area contributed by atoms with Gasteiger partial charge in [0.25, 0.3) is 5.56 Å². The van der Waals surface area contributed by atoms with E-state index in [4.69, 9.17) is 0 Å². The number of aromatic amines is 1. The van der Waals surface area contributed by atoms with Crippen LogP contribution in [0.3, 0.4) is 0 Å². The van der Waals surface area contributed by atoms with Crippen LogP contribution in [0.25, 0.3) is 0 Å². The maximum Gasteiger partial charge on any atom is 0.252 e. The minimum absolute atomic E-state index is 0.110. The van der Waals surface area contributed by atoms with E-state index in [1.807, 2.05) is 13.8 Å². The Morgan fingerprint density at radius 3 is 2.74 bits per heavy atom. The predicted molar refractivity (Wildman–Crippen MR) is 80.0 cm³/mol. The van der Waals surface area contributed by atoms with Crippen molar-refractivity contribution < 1.29 is 0 Å². The van der Waals surface area contributed by atoms with Gasteiger partial charge in [0.2, 0.25) is 0 Å². The van der Waals surface area contributed by atoms with Crippen LogP contribution >= 0.6 is 11.3 Å². The van der Waals surface area contributed by atoms with Gasteiger partial charge in [-0.3, -0.25) is 4.79 Å². The third-order valence-electron chi connectivity index (χ3n) is 2.82. The molecule has 102 valence electrons. The monoisotopic (exact) mass is 277 g/mol. The van der Waals surface area contributed by atoms with E-state index in [1.54, 1.807) is 11.3 Å². The fourth-order valence-corrected chi connectivity index (χ4v) is 2.62. The average Bonchev–Trinajstić information content (AvgIpc) is 2.83. The molecule has 2 heterocycles. The van der Waals surface area contributed by atoms with Crippen molar-refractivity contribution in [3.8, 4) is 0 Å². The first-order chi connectivity index (χ1) is 9.08. The van der Waals surface area contributed by atoms with Crippen molar-refractivity contribution in [2.24, 2.45) is 0 Å². The molecule has 5 heteroatoms. The second-order valence-electron chi connectivity index (χ2n) is 4.75. The standard InChI is InChI=1S/C14H19N3OS/c1-4-10-5-6-11(19-10)8-15-12-7-13(18)17-14(16-12)9(2)3/h5-7,9H,4,8H2,1-3H3,(H2,15,16,17,18). The summed E-state index contributed by atoms with van der Waals surface area (Å²) < 4.78 is 0. The number of H-pyrrole nitrogens is 1. The van der Waals surface area contributed by atoms with Gasteiger partial charge in [0.1, 0.15) is 11.6 Å². The summed E-state index contributed by atoms with van der Waals surface area (Å²) in [5, 5.41) is 3.21. The van der Waals surface area contributed by atoms with Crippen molar-refractivity contribution in [2.45, 2.75) is 39.7 Å². The van der Waals surface area contributed by atoms with Gasteiger partial charge in [-0.15, -0.1) is 11.3 Å². The molecule has 0 radical (unpaired) electrons. The number of aryl methyl sites for hydroxylation is 1. The number of hydrogen-bond donors (Lipinski definition) is 2. The number of nitrogens with zero attached hydrogens (tertiary/aromatic N) is 1. The average molecular weight is 277 g/mol. The van der Waals surface area contributed by atoms with E-state index in [1.165, 1.54) is 15.8 Å². The largest absolute Gasteiger partial charge is 0.365 e. The third kappa shape index (κ3) is 3.67. The maximum absolute atomic E-state index is 11.5. The van der Waals surface area contributed by atoms with E-state index >= 15 is 0 Å². The summed E-state index contributed by atoms with van der Waals surface area (Å²) in [4.78, 5) is 21.3. The zero-order valence-corrected chi connectivity index (χ0v) is 12.3. The number of thiophene rings is 1. The van der Waals surface area contributed by atoms with Gasteiger partial charge in [0.15, 0.2) is 0 Å². The van der Waals surface area contributed by atoms with Gasteiger partial charge in [-0.25, -0.2) is 4.98 Å². The van der Waals surface area contributed by atoms with E-state index in [-0.39, 0.29) is 11.5 Å². The summed E-state index contributed by atoms with van der Waals surface area (Å²) >= 11 is 1.79. The van der Waals surface area contributed by atoms with Gasteiger partial charge in [-0.05, 0) is 18.6 Å². The molecule has 2 N–H and O–H groups in total. The Morgan fingerprint density at radius 2 is 2.11 bits per heavy atom. The van der Waals surface area contributed by atoms with E-state index in [9.17, 15) is 4.79 Å². The molecule has 0 atom stereocenters. The molecule has 0 bridgehead atoms. The molecule has 0 aliphatic heterocycles. The first-order valence-electron chi connectivity index (χ1n) is 6.51. The van der Waals surface area contributed by atoms with Crippen molar-refractivity contribution in [3.63, 3.8) is 0 Å². The van der Waals surface area contributed by atoms with Gasteiger partial charge in [0, 0.05) is 21.7 Å². The number of anilines is 1. The first kappa shape index (κ1) is 13.8. The molecular formula is C14H19N3OS. The number of aromatic nitrogens is 2. The van der Waals surface area contributed by atoms with Crippen LogP contribution in [-0.4, -0.2) is 9.97 Å². The van der Waals surface area contributed by atoms with Crippen LogP contribution in [0.5, 0.6) is 0 Å². The molecule has 4 nitrogen and oxygen atoms in total. The van der Waals surface area contributed by atoms with E-state index in [2.05, 4.69) is 34.3 Å². The lowest BCUT2D eigenvalue weighted by molar-refractivity contribution is 0.767. The van der Waals surface area contributed by atoms with Gasteiger partial charge in [-0.1, -0.05) is 20.8 Å². The number of nitrogens with one attached hydrogen (secondary N) is 2. The first-order valence-corrected chi connectivity index (χ1v) is 7.33. The van der Waals surface area contributed by atoms with Gasteiger partial charge in [-0.2, -0.15) is 0 Å². The second kappa shape index (κ2) is 6.02. The molecule has 2 aromatic rings. The Bertz CT molecular complexity index is 601. The molecule has 2 aromatic heterocycles. The van der Waals surface area contributed by atoms with Crippen molar-refractivity contribution in [1.29, 1.82) is 0 Å². The predicted octanol–water partition coefficient (Wildman–Crippen LogP) is 3.13. The van der Waals surface area contributed by atoms with Gasteiger partial charge in [0.05, 0.1) is 6.54 Å². The summed E-state index contributed by atoms with van der Waals surface area (Å²) in [6, 6.07) is 5.76. The van der Waals surface area contributed by atoms with Crippen LogP contribution in [0.4, 0.5) is 5.82 Å². The van der Waals surface area contributed by atoms with E-state index in [0.717, 1.165) is 12.2 Å². The quantitative estimate of drug-likeness (QED) is 0.882. The summed E-state index contributed by atoms with van der Waals surface area (Å²) in [6.45, 7) is 6.87. The Labute approximate surface area is 116 Å². The summed E-state index contributed by atoms with van der Waals surface area (Å²) in [5.74, 6) is 1.57. The van der Waals surface area contributed by atoms with E-state index < -0.39 is 0 Å². The molecule has 0 aliphatic rings. The Hall–Kier alpha value is -1.62. The fourth-order valence-electron chi connectivity index (χ4n) is 1.73. The lowest BCUT2D eigenvalue weighted by atomic mass is 10.2. The Balaban J connectivity index is 2.08. The highest BCUT2D eigenvalue weighted by Crippen LogP contribution is 2.18. The molecule has 0 aromatic carbocycles. The molecule has 0 amide bonds. The minimum atomic E-state index is -0.110. The molecular weight excluding hydrogens is 258 g/mol. The molecule has 0 fully saturated rings. The van der Waals surface area contributed by atoms with Crippen LogP contribution in [0.15, 0.2) is 23.0 Å². The second-order valence-corrected chi connectivity index (χ2v) is 6.00. The fraction of sp³-hybridized carbons (Fsp3) is 0.429. The summed E-state index contributed by atoms with van der Waals surface area (Å²) in [6.07, 6.45) is 1.06. The van der Waals surface area contributed by atoms with E-state index in [0.29, 0.717) is 12.4 Å². The van der Waals surface area contributed by atoms with Crippen molar-refractivity contribution in [1.82, 2.24) is 9.97 Å². The molecule has 19 heavy (non-hydrogen) atoms. The molecule has 2 rings (SSSR count). The Kier molecular flexibility index (Phi) is 4.37. The highest BCUT2D eigenvalue weighted by atomic mass is 32.1. The number of hydrogen-bond acceptors (Lipinski definition) is 4. The lowest BCUT2D eigenvalue weighted by Gasteiger charge is -2.08. The van der Waals surface area contributed by atoms with Crippen molar-refractivity contribution in [3.05, 3.63) is 44.1 Å². The lowest BCUT2D eigenvalue weighted by Crippen LogP contribution is -2.14. The SMILES string of the molecule is CCc1ccc(CNc2cc(=O)[nH]c(C(C)C)n2)s1. The van der Waals surface area contributed by atoms with Crippen LogP contribution < -0.4 is 10.9 Å². The highest BCUT2D eigenvalue weighted by Gasteiger charge is 2.05. The summed E-state index contributed by atoms with van der Waals surface area (Å²) in [7, 11) is 0. The van der Waals surface area contributed by atoms with Crippen LogP contribution in [0, 0.1) is 0 Å². The summed E-state index contributed by atoms with van der Waals surface area (Å²) in [5.41, 5.74) is -0.110. The van der Waals surface area contributed by atoms with Gasteiger partial charge >= 0.3 is 0 Å². The molecule has 0 saturated heterocycles. The topological polar surface area (TPSA) is 57.8 Å². The third-order valence-corrected chi connectivity index (χ3v) is 4.05. The highest BCUT2D eigenvalue weighted by molar-refractivity contribution is 7.12. The number of rotatable bonds is 5.